The molecule has 0 bridgehead atoms. The molecular formula is C25H27N. The third-order valence-electron chi connectivity index (χ3n) is 5.50. The third kappa shape index (κ3) is 4.05. The Morgan fingerprint density at radius 1 is 0.731 bits per heavy atom. The highest BCUT2D eigenvalue weighted by atomic mass is 15.2. The molecule has 3 aromatic carbocycles. The van der Waals surface area contributed by atoms with Gasteiger partial charge in [0, 0.05) is 19.1 Å². The smallest absolute Gasteiger partial charge is 0.0236 e. The molecule has 0 unspecified atom stereocenters. The van der Waals surface area contributed by atoms with E-state index in [1.807, 2.05) is 0 Å². The van der Waals surface area contributed by atoms with Crippen LogP contribution in [-0.2, 0) is 13.0 Å². The molecule has 1 fully saturated rings. The number of hydrogen-bond acceptors (Lipinski definition) is 1. The molecule has 0 N–H and O–H groups in total. The molecule has 1 saturated heterocycles. The fourth-order valence-electron chi connectivity index (χ4n) is 4.20. The van der Waals surface area contributed by atoms with Gasteiger partial charge in [-0.2, -0.15) is 0 Å². The standard InChI is InChI=1S/C25H27N/c1-20-16-25(26(18-20)19-22-8-4-2-5-9-22)17-21-12-14-24(15-13-21)23-10-6-3-7-11-23/h2-15,20,25H,16-19H2,1H3/t20-,25+/m1/s1. The average Bonchev–Trinajstić information content (AvgIpc) is 3.02. The summed E-state index contributed by atoms with van der Waals surface area (Å²) in [7, 11) is 0. The Labute approximate surface area is 157 Å². The zero-order valence-electron chi connectivity index (χ0n) is 15.5. The van der Waals surface area contributed by atoms with E-state index in [4.69, 9.17) is 0 Å². The minimum atomic E-state index is 0.646. The molecule has 1 heterocycles. The van der Waals surface area contributed by atoms with E-state index >= 15 is 0 Å². The van der Waals surface area contributed by atoms with Crippen molar-refractivity contribution < 1.29 is 0 Å². The molecular weight excluding hydrogens is 314 g/mol. The lowest BCUT2D eigenvalue weighted by Gasteiger charge is -2.24. The zero-order chi connectivity index (χ0) is 17.8. The van der Waals surface area contributed by atoms with E-state index in [1.165, 1.54) is 35.2 Å². The Morgan fingerprint density at radius 3 is 2.04 bits per heavy atom. The van der Waals surface area contributed by atoms with Gasteiger partial charge >= 0.3 is 0 Å². The minimum absolute atomic E-state index is 0.646. The van der Waals surface area contributed by atoms with Crippen molar-refractivity contribution in [2.45, 2.75) is 32.4 Å². The maximum Gasteiger partial charge on any atom is 0.0236 e. The summed E-state index contributed by atoms with van der Waals surface area (Å²) in [6, 6.07) is 31.3. The van der Waals surface area contributed by atoms with Crippen molar-refractivity contribution in [1.82, 2.24) is 4.90 Å². The highest BCUT2D eigenvalue weighted by Crippen LogP contribution is 2.28. The molecule has 0 aliphatic carbocycles. The van der Waals surface area contributed by atoms with E-state index in [0.717, 1.165) is 18.9 Å². The van der Waals surface area contributed by atoms with Crippen molar-refractivity contribution in [3.8, 4) is 11.1 Å². The Balaban J connectivity index is 1.45. The largest absolute Gasteiger partial charge is 0.296 e. The van der Waals surface area contributed by atoms with Crippen LogP contribution in [0.4, 0.5) is 0 Å². The van der Waals surface area contributed by atoms with E-state index in [1.54, 1.807) is 0 Å². The molecule has 2 atom stereocenters. The predicted octanol–water partition coefficient (Wildman–Crippen LogP) is 5.81. The maximum absolute atomic E-state index is 2.67. The summed E-state index contributed by atoms with van der Waals surface area (Å²) in [5, 5.41) is 0. The Bertz CT molecular complexity index is 808. The first-order valence-corrected chi connectivity index (χ1v) is 9.70. The normalized spacial score (nSPS) is 20.3. The molecule has 1 aliphatic heterocycles. The first-order valence-electron chi connectivity index (χ1n) is 9.70. The number of nitrogens with zero attached hydrogens (tertiary/aromatic N) is 1. The predicted molar refractivity (Wildman–Crippen MR) is 110 cm³/mol. The van der Waals surface area contributed by atoms with Gasteiger partial charge in [0.2, 0.25) is 0 Å². The fraction of sp³-hybridized carbons (Fsp3) is 0.280. The highest BCUT2D eigenvalue weighted by Gasteiger charge is 2.29. The van der Waals surface area contributed by atoms with Crippen LogP contribution in [-0.4, -0.2) is 17.5 Å². The van der Waals surface area contributed by atoms with Crippen LogP contribution in [0.2, 0.25) is 0 Å². The van der Waals surface area contributed by atoms with Gasteiger partial charge in [-0.3, -0.25) is 4.90 Å². The second-order valence-electron chi connectivity index (χ2n) is 7.68. The van der Waals surface area contributed by atoms with Gasteiger partial charge in [-0.1, -0.05) is 91.9 Å². The van der Waals surface area contributed by atoms with Crippen molar-refractivity contribution in [3.63, 3.8) is 0 Å². The van der Waals surface area contributed by atoms with Gasteiger partial charge < -0.3 is 0 Å². The minimum Gasteiger partial charge on any atom is -0.296 e. The monoisotopic (exact) mass is 341 g/mol. The summed E-state index contributed by atoms with van der Waals surface area (Å²) in [6.07, 6.45) is 2.44. The molecule has 132 valence electrons. The summed E-state index contributed by atoms with van der Waals surface area (Å²) in [5.74, 6) is 0.785. The summed E-state index contributed by atoms with van der Waals surface area (Å²) in [4.78, 5) is 2.67. The van der Waals surface area contributed by atoms with Crippen LogP contribution in [0.1, 0.15) is 24.5 Å². The first kappa shape index (κ1) is 17.1. The first-order chi connectivity index (χ1) is 12.8. The maximum atomic E-state index is 2.67. The number of likely N-dealkylation sites (tertiary alicyclic amines) is 1. The van der Waals surface area contributed by atoms with E-state index in [0.29, 0.717) is 6.04 Å². The van der Waals surface area contributed by atoms with E-state index in [-0.39, 0.29) is 0 Å². The Morgan fingerprint density at radius 2 is 1.35 bits per heavy atom. The lowest BCUT2D eigenvalue weighted by molar-refractivity contribution is 0.241. The molecule has 0 amide bonds. The van der Waals surface area contributed by atoms with Crippen molar-refractivity contribution in [3.05, 3.63) is 96.1 Å². The quantitative estimate of drug-likeness (QED) is 0.566. The van der Waals surface area contributed by atoms with Gasteiger partial charge in [0.15, 0.2) is 0 Å². The second-order valence-corrected chi connectivity index (χ2v) is 7.68. The number of benzene rings is 3. The van der Waals surface area contributed by atoms with Crippen LogP contribution >= 0.6 is 0 Å². The van der Waals surface area contributed by atoms with Gasteiger partial charge in [0.25, 0.3) is 0 Å². The topological polar surface area (TPSA) is 3.24 Å². The summed E-state index contributed by atoms with van der Waals surface area (Å²) in [5.41, 5.74) is 5.46. The van der Waals surface area contributed by atoms with Crippen LogP contribution in [0.15, 0.2) is 84.9 Å². The number of hydrogen-bond donors (Lipinski definition) is 0. The molecule has 3 aromatic rings. The summed E-state index contributed by atoms with van der Waals surface area (Å²) in [6.45, 7) is 4.66. The number of rotatable bonds is 5. The van der Waals surface area contributed by atoms with Crippen molar-refractivity contribution in [2.75, 3.05) is 6.54 Å². The molecule has 1 nitrogen and oxygen atoms in total. The van der Waals surface area contributed by atoms with E-state index in [2.05, 4.69) is 96.8 Å². The van der Waals surface area contributed by atoms with Crippen LogP contribution in [0.5, 0.6) is 0 Å². The summed E-state index contributed by atoms with van der Waals surface area (Å²) >= 11 is 0. The van der Waals surface area contributed by atoms with Crippen molar-refractivity contribution in [2.24, 2.45) is 5.92 Å². The molecule has 0 aromatic heterocycles. The molecule has 0 spiro atoms. The lowest BCUT2D eigenvalue weighted by atomic mass is 9.98. The SMILES string of the molecule is C[C@@H]1C[C@@H](Cc2ccc(-c3ccccc3)cc2)N(Cc2ccccc2)C1. The van der Waals surface area contributed by atoms with Crippen molar-refractivity contribution in [1.29, 1.82) is 0 Å². The molecule has 26 heavy (non-hydrogen) atoms. The zero-order valence-corrected chi connectivity index (χ0v) is 15.5. The van der Waals surface area contributed by atoms with Gasteiger partial charge in [0.1, 0.15) is 0 Å². The molecule has 0 radical (unpaired) electrons. The van der Waals surface area contributed by atoms with Crippen LogP contribution < -0.4 is 0 Å². The van der Waals surface area contributed by atoms with Crippen molar-refractivity contribution >= 4 is 0 Å². The van der Waals surface area contributed by atoms with Gasteiger partial charge in [-0.05, 0) is 41.0 Å². The van der Waals surface area contributed by atoms with Gasteiger partial charge in [-0.15, -0.1) is 0 Å². The molecule has 1 heteroatoms. The Kier molecular flexibility index (Phi) is 5.17. The van der Waals surface area contributed by atoms with Gasteiger partial charge in [-0.25, -0.2) is 0 Å². The van der Waals surface area contributed by atoms with Crippen LogP contribution in [0.3, 0.4) is 0 Å². The van der Waals surface area contributed by atoms with E-state index < -0.39 is 0 Å². The molecule has 1 aliphatic rings. The summed E-state index contributed by atoms with van der Waals surface area (Å²) < 4.78 is 0. The average molecular weight is 341 g/mol. The second kappa shape index (κ2) is 7.88. The highest BCUT2D eigenvalue weighted by molar-refractivity contribution is 5.63. The third-order valence-corrected chi connectivity index (χ3v) is 5.50. The lowest BCUT2D eigenvalue weighted by Crippen LogP contribution is -2.30. The van der Waals surface area contributed by atoms with Crippen LogP contribution in [0.25, 0.3) is 11.1 Å². The molecule has 4 rings (SSSR count). The van der Waals surface area contributed by atoms with Crippen LogP contribution in [0, 0.1) is 5.92 Å². The fourth-order valence-corrected chi connectivity index (χ4v) is 4.20. The van der Waals surface area contributed by atoms with Gasteiger partial charge in [0.05, 0.1) is 0 Å². The Hall–Kier alpha value is -2.38. The molecule has 0 saturated carbocycles. The van der Waals surface area contributed by atoms with E-state index in [9.17, 15) is 0 Å².